The Morgan fingerprint density at radius 2 is 2.11 bits per heavy atom. The van der Waals surface area contributed by atoms with E-state index in [-0.39, 0.29) is 29.0 Å². The molecule has 3 aliphatic rings. The number of nitrogens with zero attached hydrogens (tertiary/aromatic N) is 2. The summed E-state index contributed by atoms with van der Waals surface area (Å²) in [5, 5.41) is 3.70. The van der Waals surface area contributed by atoms with E-state index in [0.717, 1.165) is 49.9 Å². The summed E-state index contributed by atoms with van der Waals surface area (Å²) in [5.41, 5.74) is 0.769. The normalized spacial score (nSPS) is 28.5. The molecular weight excluding hydrogens is 394 g/mol. The van der Waals surface area contributed by atoms with Gasteiger partial charge in [-0.2, -0.15) is 0 Å². The van der Waals surface area contributed by atoms with Crippen LogP contribution in [-0.2, 0) is 16.0 Å². The molecule has 0 aliphatic carbocycles. The van der Waals surface area contributed by atoms with Gasteiger partial charge in [0.25, 0.3) is 0 Å². The summed E-state index contributed by atoms with van der Waals surface area (Å²) < 4.78 is 0. The van der Waals surface area contributed by atoms with Crippen LogP contribution in [0.15, 0.2) is 18.2 Å². The van der Waals surface area contributed by atoms with E-state index in [9.17, 15) is 9.59 Å². The van der Waals surface area contributed by atoms with Crippen molar-refractivity contribution < 1.29 is 9.59 Å². The average Bonchev–Trinajstić information content (AvgIpc) is 2.93. The molecular formula is C21H26ClN3O2S. The summed E-state index contributed by atoms with van der Waals surface area (Å²) >= 11 is 11.9. The number of amides is 2. The van der Waals surface area contributed by atoms with Crippen molar-refractivity contribution in [2.45, 2.75) is 64.5 Å². The number of rotatable bonds is 2. The van der Waals surface area contributed by atoms with Crippen molar-refractivity contribution in [1.29, 1.82) is 0 Å². The number of nitrogens with one attached hydrogen (secondary N) is 1. The predicted octanol–water partition coefficient (Wildman–Crippen LogP) is 3.67. The predicted molar refractivity (Wildman–Crippen MR) is 115 cm³/mol. The minimum atomic E-state index is -1.19. The van der Waals surface area contributed by atoms with E-state index in [1.54, 1.807) is 4.90 Å². The Labute approximate surface area is 176 Å². The molecule has 2 fully saturated rings. The number of fused-ring (bicyclic) bond motifs is 4. The van der Waals surface area contributed by atoms with Crippen LogP contribution in [0.5, 0.6) is 0 Å². The summed E-state index contributed by atoms with van der Waals surface area (Å²) in [4.78, 5) is 31.2. The summed E-state index contributed by atoms with van der Waals surface area (Å²) in [6.07, 6.45) is 5.05. The van der Waals surface area contributed by atoms with Gasteiger partial charge in [-0.15, -0.1) is 0 Å². The number of hydrogen-bond donors (Lipinski definition) is 1. The number of hydrogen-bond acceptors (Lipinski definition) is 4. The van der Waals surface area contributed by atoms with Gasteiger partial charge in [-0.25, -0.2) is 0 Å². The molecule has 5 nitrogen and oxygen atoms in total. The SMILES string of the molecule is CC[C@H](C)N1C(=O)[C@]2(Cc3c(Cl)cccc3N3CCCCC[C@H]32)C(=O)NC1=S. The Hall–Kier alpha value is -1.66. The van der Waals surface area contributed by atoms with Crippen LogP contribution in [0.2, 0.25) is 5.02 Å². The second-order valence-corrected chi connectivity index (χ2v) is 8.93. The van der Waals surface area contributed by atoms with Gasteiger partial charge in [-0.3, -0.25) is 14.5 Å². The second-order valence-electron chi connectivity index (χ2n) is 8.14. The Bertz CT molecular complexity index is 845. The maximum absolute atomic E-state index is 13.9. The zero-order valence-corrected chi connectivity index (χ0v) is 17.9. The van der Waals surface area contributed by atoms with Gasteiger partial charge in [-0.05, 0) is 56.1 Å². The molecule has 1 aromatic carbocycles. The molecule has 0 saturated carbocycles. The van der Waals surface area contributed by atoms with Gasteiger partial charge in [-0.1, -0.05) is 37.4 Å². The first-order chi connectivity index (χ1) is 13.4. The van der Waals surface area contributed by atoms with Gasteiger partial charge in [0.05, 0.1) is 6.04 Å². The minimum Gasteiger partial charge on any atom is -0.367 e. The van der Waals surface area contributed by atoms with Crippen molar-refractivity contribution in [3.63, 3.8) is 0 Å². The molecule has 4 rings (SSSR count). The van der Waals surface area contributed by atoms with E-state index >= 15 is 0 Å². The summed E-state index contributed by atoms with van der Waals surface area (Å²) in [7, 11) is 0. The summed E-state index contributed by atoms with van der Waals surface area (Å²) in [5.74, 6) is -0.442. The topological polar surface area (TPSA) is 52.7 Å². The molecule has 3 atom stereocenters. The lowest BCUT2D eigenvalue weighted by Gasteiger charge is -2.53. The quantitative estimate of drug-likeness (QED) is 0.587. The van der Waals surface area contributed by atoms with E-state index in [2.05, 4.69) is 16.3 Å². The highest BCUT2D eigenvalue weighted by Gasteiger charge is 2.61. The number of halogens is 1. The molecule has 1 N–H and O–H groups in total. The van der Waals surface area contributed by atoms with Crippen LogP contribution in [0.1, 0.15) is 51.5 Å². The first kappa shape index (κ1) is 19.6. The summed E-state index contributed by atoms with van der Waals surface area (Å²) in [6, 6.07) is 5.61. The molecule has 0 radical (unpaired) electrons. The van der Waals surface area contributed by atoms with Gasteiger partial charge in [0, 0.05) is 29.7 Å². The third kappa shape index (κ3) is 2.76. The zero-order valence-electron chi connectivity index (χ0n) is 16.3. The molecule has 3 heterocycles. The molecule has 7 heteroatoms. The Morgan fingerprint density at radius 1 is 1.32 bits per heavy atom. The van der Waals surface area contributed by atoms with Crippen LogP contribution >= 0.6 is 23.8 Å². The fraction of sp³-hybridized carbons (Fsp3) is 0.571. The highest BCUT2D eigenvalue weighted by molar-refractivity contribution is 7.80. The monoisotopic (exact) mass is 419 g/mol. The summed E-state index contributed by atoms with van der Waals surface area (Å²) in [6.45, 7) is 4.83. The van der Waals surface area contributed by atoms with Gasteiger partial charge in [0.1, 0.15) is 0 Å². The fourth-order valence-corrected chi connectivity index (χ4v) is 5.59. The molecule has 28 heavy (non-hydrogen) atoms. The third-order valence-electron chi connectivity index (χ3n) is 6.66. The molecule has 2 amide bonds. The van der Waals surface area contributed by atoms with Gasteiger partial charge < -0.3 is 10.2 Å². The zero-order chi connectivity index (χ0) is 20.1. The molecule has 2 saturated heterocycles. The highest BCUT2D eigenvalue weighted by Crippen LogP contribution is 2.49. The molecule has 150 valence electrons. The smallest absolute Gasteiger partial charge is 0.247 e. The van der Waals surface area contributed by atoms with E-state index in [4.69, 9.17) is 23.8 Å². The lowest BCUT2D eigenvalue weighted by Crippen LogP contribution is -2.73. The van der Waals surface area contributed by atoms with E-state index in [1.165, 1.54) is 0 Å². The number of carbonyl (C=O) groups is 2. The first-order valence-corrected chi connectivity index (χ1v) is 10.9. The maximum atomic E-state index is 13.9. The molecule has 1 spiro atoms. The van der Waals surface area contributed by atoms with Crippen molar-refractivity contribution >= 4 is 46.4 Å². The Kier molecular flexibility index (Phi) is 5.12. The number of thiocarbonyl (C=S) groups is 1. The van der Waals surface area contributed by atoms with Crippen LogP contribution in [-0.4, -0.2) is 40.5 Å². The molecule has 0 bridgehead atoms. The molecule has 3 aliphatic heterocycles. The largest absolute Gasteiger partial charge is 0.367 e. The highest BCUT2D eigenvalue weighted by atomic mass is 35.5. The first-order valence-electron chi connectivity index (χ1n) is 10.1. The van der Waals surface area contributed by atoms with Crippen LogP contribution in [0, 0.1) is 5.41 Å². The van der Waals surface area contributed by atoms with Crippen molar-refractivity contribution in [2.75, 3.05) is 11.4 Å². The number of carbonyl (C=O) groups excluding carboxylic acids is 2. The van der Waals surface area contributed by atoms with Gasteiger partial charge in [0.2, 0.25) is 11.8 Å². The van der Waals surface area contributed by atoms with Gasteiger partial charge >= 0.3 is 0 Å². The van der Waals surface area contributed by atoms with Crippen LogP contribution in [0.4, 0.5) is 5.69 Å². The maximum Gasteiger partial charge on any atom is 0.247 e. The third-order valence-corrected chi connectivity index (χ3v) is 7.31. The number of anilines is 1. The fourth-order valence-electron chi connectivity index (χ4n) is 5.00. The minimum absolute atomic E-state index is 0.0654. The van der Waals surface area contributed by atoms with Crippen LogP contribution in [0.3, 0.4) is 0 Å². The Morgan fingerprint density at radius 3 is 2.86 bits per heavy atom. The van der Waals surface area contributed by atoms with Crippen molar-refractivity contribution in [2.24, 2.45) is 5.41 Å². The van der Waals surface area contributed by atoms with Crippen LogP contribution < -0.4 is 10.2 Å². The van der Waals surface area contributed by atoms with E-state index in [1.807, 2.05) is 26.0 Å². The van der Waals surface area contributed by atoms with Gasteiger partial charge in [0.15, 0.2) is 10.5 Å². The van der Waals surface area contributed by atoms with E-state index < -0.39 is 5.41 Å². The lowest BCUT2D eigenvalue weighted by molar-refractivity contribution is -0.153. The van der Waals surface area contributed by atoms with Crippen molar-refractivity contribution in [1.82, 2.24) is 10.2 Å². The lowest BCUT2D eigenvalue weighted by atomic mass is 9.67. The molecule has 0 unspecified atom stereocenters. The second kappa shape index (κ2) is 7.30. The molecule has 0 aromatic heterocycles. The van der Waals surface area contributed by atoms with E-state index in [0.29, 0.717) is 11.4 Å². The molecule has 1 aromatic rings. The van der Waals surface area contributed by atoms with Crippen LogP contribution in [0.25, 0.3) is 0 Å². The van der Waals surface area contributed by atoms with Crippen molar-refractivity contribution in [3.05, 3.63) is 28.8 Å². The standard InChI is InChI=1S/C21H26ClN3O2S/c1-3-13(2)25-19(27)21(18(26)23-20(25)28)12-14-15(22)8-7-9-16(14)24-11-6-4-5-10-17(21)24/h7-9,13,17H,3-6,10-12H2,1-2H3,(H,23,26,28)/t13-,17-,21-/m0/s1. The number of benzene rings is 1. The average molecular weight is 420 g/mol. The van der Waals surface area contributed by atoms with Crippen molar-refractivity contribution in [3.8, 4) is 0 Å². The Balaban J connectivity index is 1.90.